The first-order chi connectivity index (χ1) is 13.8. The van der Waals surface area contributed by atoms with Gasteiger partial charge in [-0.05, 0) is 56.3 Å². The number of benzene rings is 2. The first-order valence-electron chi connectivity index (χ1n) is 9.56. The van der Waals surface area contributed by atoms with Gasteiger partial charge in [-0.25, -0.2) is 4.39 Å². The van der Waals surface area contributed by atoms with E-state index in [2.05, 4.69) is 10.2 Å². The lowest BCUT2D eigenvalue weighted by Crippen LogP contribution is -2.54. The molecule has 154 valence electrons. The van der Waals surface area contributed by atoms with Gasteiger partial charge in [0.05, 0.1) is 7.11 Å². The van der Waals surface area contributed by atoms with Crippen LogP contribution in [0.25, 0.3) is 0 Å². The summed E-state index contributed by atoms with van der Waals surface area (Å²) in [5.41, 5.74) is 0.149. The summed E-state index contributed by atoms with van der Waals surface area (Å²) >= 11 is 0. The van der Waals surface area contributed by atoms with Crippen LogP contribution in [0.1, 0.15) is 13.8 Å². The second-order valence-electron chi connectivity index (χ2n) is 7.57. The molecular weight excluding hydrogens is 373 g/mol. The van der Waals surface area contributed by atoms with Gasteiger partial charge >= 0.3 is 0 Å². The van der Waals surface area contributed by atoms with Crippen LogP contribution >= 0.6 is 0 Å². The fourth-order valence-corrected chi connectivity index (χ4v) is 3.31. The number of piperazine rings is 1. The first-order valence-corrected chi connectivity index (χ1v) is 9.56. The van der Waals surface area contributed by atoms with E-state index in [0.29, 0.717) is 31.9 Å². The molecular formula is C22H26FN3O3. The van der Waals surface area contributed by atoms with Gasteiger partial charge in [-0.1, -0.05) is 6.07 Å². The Hall–Kier alpha value is -3.09. The molecule has 0 saturated carbocycles. The van der Waals surface area contributed by atoms with Crippen LogP contribution in [-0.2, 0) is 9.59 Å². The van der Waals surface area contributed by atoms with Crippen molar-refractivity contribution in [2.45, 2.75) is 13.8 Å². The molecule has 7 heteroatoms. The van der Waals surface area contributed by atoms with E-state index < -0.39 is 17.1 Å². The molecule has 1 heterocycles. The monoisotopic (exact) mass is 399 g/mol. The van der Waals surface area contributed by atoms with Gasteiger partial charge in [-0.15, -0.1) is 0 Å². The number of halogens is 1. The SMILES string of the molecule is COc1ccc(N2CCN(C(=O)C(C)(C)C(=O)Nc3cccc(F)c3)CC2)cc1. The first kappa shape index (κ1) is 20.6. The standard InChI is InChI=1S/C22H26FN3O3/c1-22(2,20(27)24-17-6-4-5-16(23)15-17)21(28)26-13-11-25(12-14-26)18-7-9-19(29-3)10-8-18/h4-10,15H,11-14H2,1-3H3,(H,24,27). The minimum atomic E-state index is -1.26. The fourth-order valence-electron chi connectivity index (χ4n) is 3.31. The van der Waals surface area contributed by atoms with Crippen molar-refractivity contribution in [3.63, 3.8) is 0 Å². The number of anilines is 2. The quantitative estimate of drug-likeness (QED) is 0.785. The van der Waals surface area contributed by atoms with Crippen molar-refractivity contribution in [2.24, 2.45) is 5.41 Å². The summed E-state index contributed by atoms with van der Waals surface area (Å²) in [5.74, 6) is -0.332. The maximum absolute atomic E-state index is 13.3. The number of methoxy groups -OCH3 is 1. The molecule has 3 rings (SSSR count). The molecule has 1 N–H and O–H groups in total. The van der Waals surface area contributed by atoms with E-state index in [1.54, 1.807) is 31.9 Å². The highest BCUT2D eigenvalue weighted by Gasteiger charge is 2.40. The van der Waals surface area contributed by atoms with Crippen molar-refractivity contribution >= 4 is 23.2 Å². The largest absolute Gasteiger partial charge is 0.497 e. The van der Waals surface area contributed by atoms with E-state index in [1.807, 2.05) is 24.3 Å². The molecule has 1 aliphatic rings. The molecule has 0 bridgehead atoms. The lowest BCUT2D eigenvalue weighted by atomic mass is 9.89. The van der Waals surface area contributed by atoms with Crippen LogP contribution in [-0.4, -0.2) is 50.0 Å². The van der Waals surface area contributed by atoms with Crippen molar-refractivity contribution < 1.29 is 18.7 Å². The van der Waals surface area contributed by atoms with Gasteiger partial charge in [0, 0.05) is 37.6 Å². The molecule has 0 aromatic heterocycles. The zero-order chi connectivity index (χ0) is 21.0. The molecule has 0 unspecified atom stereocenters. The van der Waals surface area contributed by atoms with Gasteiger partial charge in [0.2, 0.25) is 11.8 Å². The van der Waals surface area contributed by atoms with Crippen molar-refractivity contribution in [3.05, 3.63) is 54.3 Å². The molecule has 2 aromatic carbocycles. The number of nitrogens with zero attached hydrogens (tertiary/aromatic N) is 2. The Morgan fingerprint density at radius 2 is 1.69 bits per heavy atom. The maximum Gasteiger partial charge on any atom is 0.239 e. The van der Waals surface area contributed by atoms with Gasteiger partial charge < -0.3 is 19.9 Å². The number of hydrogen-bond donors (Lipinski definition) is 1. The average molecular weight is 399 g/mol. The van der Waals surface area contributed by atoms with E-state index in [9.17, 15) is 14.0 Å². The van der Waals surface area contributed by atoms with Gasteiger partial charge in [0.15, 0.2) is 0 Å². The summed E-state index contributed by atoms with van der Waals surface area (Å²) in [5, 5.41) is 2.64. The molecule has 1 saturated heterocycles. The van der Waals surface area contributed by atoms with Crippen LogP contribution in [0.15, 0.2) is 48.5 Å². The zero-order valence-electron chi connectivity index (χ0n) is 16.9. The topological polar surface area (TPSA) is 61.9 Å². The Morgan fingerprint density at radius 1 is 1.03 bits per heavy atom. The Labute approximate surface area is 170 Å². The second-order valence-corrected chi connectivity index (χ2v) is 7.57. The van der Waals surface area contributed by atoms with Crippen LogP contribution in [0.4, 0.5) is 15.8 Å². The molecule has 0 radical (unpaired) electrons. The average Bonchev–Trinajstić information content (AvgIpc) is 2.73. The van der Waals surface area contributed by atoms with Gasteiger partial charge in [0.25, 0.3) is 0 Å². The highest BCUT2D eigenvalue weighted by Crippen LogP contribution is 2.25. The number of amides is 2. The van der Waals surface area contributed by atoms with Crippen LogP contribution < -0.4 is 15.0 Å². The summed E-state index contributed by atoms with van der Waals surface area (Å²) in [6.07, 6.45) is 0. The number of rotatable bonds is 5. The van der Waals surface area contributed by atoms with Gasteiger partial charge in [-0.3, -0.25) is 9.59 Å². The molecule has 0 atom stereocenters. The van der Waals surface area contributed by atoms with Crippen LogP contribution in [0.2, 0.25) is 0 Å². The molecule has 2 amide bonds. The normalized spacial score (nSPS) is 14.5. The lowest BCUT2D eigenvalue weighted by Gasteiger charge is -2.39. The number of carbonyl (C=O) groups excluding carboxylic acids is 2. The predicted octanol–water partition coefficient (Wildman–Crippen LogP) is 3.15. The maximum atomic E-state index is 13.3. The van der Waals surface area contributed by atoms with Crippen LogP contribution in [0.3, 0.4) is 0 Å². The van der Waals surface area contributed by atoms with E-state index in [0.717, 1.165) is 11.4 Å². The van der Waals surface area contributed by atoms with Crippen molar-refractivity contribution in [1.29, 1.82) is 0 Å². The minimum Gasteiger partial charge on any atom is -0.497 e. The van der Waals surface area contributed by atoms with Crippen molar-refractivity contribution in [1.82, 2.24) is 4.90 Å². The van der Waals surface area contributed by atoms with Gasteiger partial charge in [-0.2, -0.15) is 0 Å². The highest BCUT2D eigenvalue weighted by atomic mass is 19.1. The smallest absolute Gasteiger partial charge is 0.239 e. The minimum absolute atomic E-state index is 0.235. The third-order valence-electron chi connectivity index (χ3n) is 5.19. The molecule has 0 spiro atoms. The molecule has 29 heavy (non-hydrogen) atoms. The molecule has 0 aliphatic carbocycles. The van der Waals surface area contributed by atoms with E-state index >= 15 is 0 Å². The third kappa shape index (κ3) is 4.67. The molecule has 2 aromatic rings. The number of nitrogens with one attached hydrogen (secondary N) is 1. The number of ether oxygens (including phenoxy) is 1. The van der Waals surface area contributed by atoms with Crippen LogP contribution in [0, 0.1) is 11.2 Å². The Balaban J connectivity index is 1.60. The van der Waals surface area contributed by atoms with Crippen molar-refractivity contribution in [2.75, 3.05) is 43.5 Å². The summed E-state index contributed by atoms with van der Waals surface area (Å²) < 4.78 is 18.5. The Morgan fingerprint density at radius 3 is 2.28 bits per heavy atom. The van der Waals surface area contributed by atoms with E-state index in [4.69, 9.17) is 4.74 Å². The van der Waals surface area contributed by atoms with Crippen LogP contribution in [0.5, 0.6) is 5.75 Å². The van der Waals surface area contributed by atoms with Gasteiger partial charge in [0.1, 0.15) is 17.0 Å². The van der Waals surface area contributed by atoms with Crippen molar-refractivity contribution in [3.8, 4) is 5.75 Å². The molecule has 1 fully saturated rings. The number of hydrogen-bond acceptors (Lipinski definition) is 4. The zero-order valence-corrected chi connectivity index (χ0v) is 16.9. The third-order valence-corrected chi connectivity index (χ3v) is 5.19. The summed E-state index contributed by atoms with van der Waals surface area (Å²) in [6, 6.07) is 13.4. The lowest BCUT2D eigenvalue weighted by molar-refractivity contribution is -0.146. The van der Waals surface area contributed by atoms with E-state index in [-0.39, 0.29) is 5.91 Å². The highest BCUT2D eigenvalue weighted by molar-refractivity contribution is 6.09. The molecule has 6 nitrogen and oxygen atoms in total. The number of carbonyl (C=O) groups is 2. The fraction of sp³-hybridized carbons (Fsp3) is 0.364. The van der Waals surface area contributed by atoms with E-state index in [1.165, 1.54) is 18.2 Å². The predicted molar refractivity (Wildman–Crippen MR) is 111 cm³/mol. The second kappa shape index (κ2) is 8.51. The Bertz CT molecular complexity index is 875. The molecule has 1 aliphatic heterocycles. The Kier molecular flexibility index (Phi) is 6.06. The summed E-state index contributed by atoms with van der Waals surface area (Å²) in [4.78, 5) is 29.6. The summed E-state index contributed by atoms with van der Waals surface area (Å²) in [6.45, 7) is 5.61. The summed E-state index contributed by atoms with van der Waals surface area (Å²) in [7, 11) is 1.63.